The van der Waals surface area contributed by atoms with Crippen molar-refractivity contribution in [3.8, 4) is 0 Å². The zero-order valence-electron chi connectivity index (χ0n) is 16.8. The van der Waals surface area contributed by atoms with Crippen LogP contribution in [-0.2, 0) is 11.2 Å². The number of carbonyl (C=O) groups is 1. The molecule has 0 radical (unpaired) electrons. The van der Waals surface area contributed by atoms with E-state index in [0.717, 1.165) is 37.8 Å². The first-order valence-corrected chi connectivity index (χ1v) is 10.4. The minimum Gasteiger partial charge on any atom is -0.392 e. The molecule has 0 spiro atoms. The van der Waals surface area contributed by atoms with Gasteiger partial charge in [-0.3, -0.25) is 4.79 Å². The summed E-state index contributed by atoms with van der Waals surface area (Å²) in [5, 5.41) is 13.5. The zero-order chi connectivity index (χ0) is 19.6. The van der Waals surface area contributed by atoms with E-state index in [-0.39, 0.29) is 30.3 Å². The van der Waals surface area contributed by atoms with E-state index in [2.05, 4.69) is 5.32 Å². The molecule has 29 heavy (non-hydrogen) atoms. The standard InChI is InChI=1S/C24H31NO3.ClH/c26-22-15-8-7-14-21(22)25-16-9-17-28-23(18-19-10-3-1-4-11-19)24(27)20-12-5-2-6-13-20;/h1-6,10-13,21-23,25-26H,7-9,14-18H2;1H. The molecule has 3 atom stereocenters. The second-order valence-electron chi connectivity index (χ2n) is 7.55. The highest BCUT2D eigenvalue weighted by atomic mass is 35.5. The van der Waals surface area contributed by atoms with Crippen LogP contribution in [0, 0.1) is 0 Å². The van der Waals surface area contributed by atoms with Gasteiger partial charge in [0.15, 0.2) is 5.78 Å². The minimum absolute atomic E-state index is 0. The van der Waals surface area contributed by atoms with E-state index in [4.69, 9.17) is 4.74 Å². The Bertz CT molecular complexity index is 711. The van der Waals surface area contributed by atoms with Crippen molar-refractivity contribution in [2.75, 3.05) is 13.2 Å². The Morgan fingerprint density at radius 2 is 1.69 bits per heavy atom. The first-order valence-electron chi connectivity index (χ1n) is 10.4. The molecule has 1 aliphatic carbocycles. The lowest BCUT2D eigenvalue weighted by molar-refractivity contribution is 0.0391. The fourth-order valence-corrected chi connectivity index (χ4v) is 3.78. The van der Waals surface area contributed by atoms with E-state index in [1.165, 1.54) is 6.42 Å². The predicted octanol–water partition coefficient (Wildman–Crippen LogP) is 4.20. The van der Waals surface area contributed by atoms with Crippen LogP contribution in [0.3, 0.4) is 0 Å². The van der Waals surface area contributed by atoms with Crippen molar-refractivity contribution in [2.24, 2.45) is 0 Å². The van der Waals surface area contributed by atoms with Crippen molar-refractivity contribution in [2.45, 2.75) is 56.8 Å². The molecule has 0 aliphatic heterocycles. The van der Waals surface area contributed by atoms with Gasteiger partial charge in [0.1, 0.15) is 6.10 Å². The number of ketones is 1. The fraction of sp³-hybridized carbons (Fsp3) is 0.458. The predicted molar refractivity (Wildman–Crippen MR) is 119 cm³/mol. The third-order valence-electron chi connectivity index (χ3n) is 5.39. The van der Waals surface area contributed by atoms with Crippen molar-refractivity contribution < 1.29 is 14.6 Å². The number of halogens is 1. The lowest BCUT2D eigenvalue weighted by atomic mass is 9.92. The third-order valence-corrected chi connectivity index (χ3v) is 5.39. The van der Waals surface area contributed by atoms with Crippen LogP contribution < -0.4 is 5.32 Å². The molecule has 158 valence electrons. The summed E-state index contributed by atoms with van der Waals surface area (Å²) in [5.41, 5.74) is 1.78. The molecule has 4 nitrogen and oxygen atoms in total. The third kappa shape index (κ3) is 7.56. The van der Waals surface area contributed by atoms with Gasteiger partial charge >= 0.3 is 0 Å². The Balaban J connectivity index is 0.00000300. The lowest BCUT2D eigenvalue weighted by Gasteiger charge is -2.28. The summed E-state index contributed by atoms with van der Waals surface area (Å²) in [6.07, 6.45) is 4.88. The van der Waals surface area contributed by atoms with E-state index in [1.54, 1.807) is 0 Å². The van der Waals surface area contributed by atoms with Crippen LogP contribution >= 0.6 is 12.4 Å². The Morgan fingerprint density at radius 3 is 2.38 bits per heavy atom. The van der Waals surface area contributed by atoms with Crippen LogP contribution in [0.25, 0.3) is 0 Å². The molecule has 2 aromatic rings. The molecule has 2 N–H and O–H groups in total. The van der Waals surface area contributed by atoms with Gasteiger partial charge in [-0.2, -0.15) is 0 Å². The zero-order valence-corrected chi connectivity index (χ0v) is 17.7. The van der Waals surface area contributed by atoms with Crippen molar-refractivity contribution in [1.29, 1.82) is 0 Å². The Kier molecular flexibility index (Phi) is 10.4. The number of Topliss-reactive ketones (excluding diaryl/α,β-unsaturated/α-hetero) is 1. The maximum Gasteiger partial charge on any atom is 0.191 e. The van der Waals surface area contributed by atoms with Crippen LogP contribution in [0.15, 0.2) is 60.7 Å². The largest absolute Gasteiger partial charge is 0.392 e. The molecule has 3 rings (SSSR count). The Labute approximate surface area is 180 Å². The minimum atomic E-state index is -0.481. The smallest absolute Gasteiger partial charge is 0.191 e. The SMILES string of the molecule is Cl.O=C(c1ccccc1)C(Cc1ccccc1)OCCCNC1CCCCC1O. The van der Waals surface area contributed by atoms with Crippen LogP contribution in [0.1, 0.15) is 48.0 Å². The molecule has 3 unspecified atom stereocenters. The van der Waals surface area contributed by atoms with E-state index in [9.17, 15) is 9.90 Å². The normalized spacial score (nSPS) is 19.9. The quantitative estimate of drug-likeness (QED) is 0.449. The van der Waals surface area contributed by atoms with Gasteiger partial charge < -0.3 is 15.2 Å². The van der Waals surface area contributed by atoms with Gasteiger partial charge in [-0.1, -0.05) is 73.5 Å². The number of carbonyl (C=O) groups excluding carboxylic acids is 1. The van der Waals surface area contributed by atoms with Gasteiger partial charge in [-0.05, 0) is 31.4 Å². The number of rotatable bonds is 10. The highest BCUT2D eigenvalue weighted by Crippen LogP contribution is 2.18. The average molecular weight is 418 g/mol. The number of aliphatic hydroxyl groups is 1. The molecule has 0 heterocycles. The molecule has 0 saturated heterocycles. The summed E-state index contributed by atoms with van der Waals surface area (Å²) in [4.78, 5) is 12.9. The number of nitrogens with one attached hydrogen (secondary N) is 1. The van der Waals surface area contributed by atoms with Crippen molar-refractivity contribution >= 4 is 18.2 Å². The van der Waals surface area contributed by atoms with E-state index in [1.807, 2.05) is 60.7 Å². The van der Waals surface area contributed by atoms with Gasteiger partial charge in [0.25, 0.3) is 0 Å². The second kappa shape index (κ2) is 12.8. The van der Waals surface area contributed by atoms with Crippen LogP contribution in [-0.4, -0.2) is 42.3 Å². The highest BCUT2D eigenvalue weighted by molar-refractivity contribution is 5.99. The second-order valence-corrected chi connectivity index (χ2v) is 7.55. The fourth-order valence-electron chi connectivity index (χ4n) is 3.78. The molecule has 5 heteroatoms. The summed E-state index contributed by atoms with van der Waals surface area (Å²) in [5.74, 6) is 0.0279. The maximum atomic E-state index is 12.9. The van der Waals surface area contributed by atoms with Gasteiger partial charge in [0, 0.05) is 24.6 Å². The summed E-state index contributed by atoms with van der Waals surface area (Å²) < 4.78 is 6.03. The Morgan fingerprint density at radius 1 is 1.03 bits per heavy atom. The van der Waals surface area contributed by atoms with Crippen LogP contribution in [0.4, 0.5) is 0 Å². The van der Waals surface area contributed by atoms with Crippen molar-refractivity contribution in [3.05, 3.63) is 71.8 Å². The Hall–Kier alpha value is -1.72. The molecule has 1 fully saturated rings. The molecule has 0 aromatic heterocycles. The van der Waals surface area contributed by atoms with E-state index in [0.29, 0.717) is 18.6 Å². The van der Waals surface area contributed by atoms with Gasteiger partial charge in [-0.15, -0.1) is 12.4 Å². The molecular formula is C24H32ClNO3. The monoisotopic (exact) mass is 417 g/mol. The average Bonchev–Trinajstić information content (AvgIpc) is 2.75. The molecular weight excluding hydrogens is 386 g/mol. The maximum absolute atomic E-state index is 12.9. The number of benzene rings is 2. The summed E-state index contributed by atoms with van der Waals surface area (Å²) in [6, 6.07) is 19.6. The van der Waals surface area contributed by atoms with E-state index >= 15 is 0 Å². The topological polar surface area (TPSA) is 58.6 Å². The van der Waals surface area contributed by atoms with Crippen LogP contribution in [0.5, 0.6) is 0 Å². The molecule has 2 aromatic carbocycles. The summed E-state index contributed by atoms with van der Waals surface area (Å²) in [6.45, 7) is 1.31. The molecule has 1 aliphatic rings. The van der Waals surface area contributed by atoms with Gasteiger partial charge in [0.05, 0.1) is 6.10 Å². The number of hydrogen-bond acceptors (Lipinski definition) is 4. The number of aliphatic hydroxyl groups excluding tert-OH is 1. The molecule has 0 bridgehead atoms. The first-order chi connectivity index (χ1) is 13.7. The molecule has 1 saturated carbocycles. The van der Waals surface area contributed by atoms with Crippen molar-refractivity contribution in [3.63, 3.8) is 0 Å². The lowest BCUT2D eigenvalue weighted by Crippen LogP contribution is -2.42. The first kappa shape index (κ1) is 23.6. The number of ether oxygens (including phenoxy) is 1. The summed E-state index contributed by atoms with van der Waals surface area (Å²) in [7, 11) is 0. The van der Waals surface area contributed by atoms with E-state index < -0.39 is 6.10 Å². The van der Waals surface area contributed by atoms with Gasteiger partial charge in [-0.25, -0.2) is 0 Å². The number of hydrogen-bond donors (Lipinski definition) is 2. The molecule has 0 amide bonds. The van der Waals surface area contributed by atoms with Crippen LogP contribution in [0.2, 0.25) is 0 Å². The van der Waals surface area contributed by atoms with Crippen molar-refractivity contribution in [1.82, 2.24) is 5.32 Å². The van der Waals surface area contributed by atoms with Gasteiger partial charge in [0.2, 0.25) is 0 Å². The summed E-state index contributed by atoms with van der Waals surface area (Å²) >= 11 is 0. The highest BCUT2D eigenvalue weighted by Gasteiger charge is 2.23.